The van der Waals surface area contributed by atoms with E-state index in [1.54, 1.807) is 19.1 Å². The van der Waals surface area contributed by atoms with E-state index in [2.05, 4.69) is 15.9 Å². The summed E-state index contributed by atoms with van der Waals surface area (Å²) in [7, 11) is -3.89. The van der Waals surface area contributed by atoms with Crippen LogP contribution in [0, 0.1) is 18.3 Å². The van der Waals surface area contributed by atoms with E-state index in [1.165, 1.54) is 12.1 Å². The maximum Gasteiger partial charge on any atom is 0.313 e. The largest absolute Gasteiger partial charge is 0.490 e. The lowest BCUT2D eigenvalue weighted by atomic mass is 10.1. The predicted molar refractivity (Wildman–Crippen MR) is 94.5 cm³/mol. The fourth-order valence-electron chi connectivity index (χ4n) is 2.10. The molecule has 0 aliphatic rings. The topological polar surface area (TPSA) is 76.4 Å². The van der Waals surface area contributed by atoms with Crippen LogP contribution in [0.25, 0.3) is 0 Å². The van der Waals surface area contributed by atoms with Gasteiger partial charge in [-0.3, -0.25) is 0 Å². The summed E-state index contributed by atoms with van der Waals surface area (Å²) in [5.74, 6) is -0.00117. The summed E-state index contributed by atoms with van der Waals surface area (Å²) in [6, 6.07) is 12.1. The van der Waals surface area contributed by atoms with E-state index in [0.29, 0.717) is 22.2 Å². The molecule has 24 heavy (non-hydrogen) atoms. The second-order valence-electron chi connectivity index (χ2n) is 5.04. The van der Waals surface area contributed by atoms with E-state index in [9.17, 15) is 8.42 Å². The van der Waals surface area contributed by atoms with Crippen molar-refractivity contribution >= 4 is 26.0 Å². The second kappa shape index (κ2) is 7.69. The van der Waals surface area contributed by atoms with Crippen molar-refractivity contribution in [1.82, 2.24) is 0 Å². The fourth-order valence-corrected chi connectivity index (χ4v) is 3.91. The van der Waals surface area contributed by atoms with Gasteiger partial charge in [0, 0.05) is 6.07 Å². The Kier molecular flexibility index (Phi) is 5.86. The van der Waals surface area contributed by atoms with Crippen molar-refractivity contribution in [2.24, 2.45) is 0 Å². The first-order valence-corrected chi connectivity index (χ1v) is 9.56. The summed E-state index contributed by atoms with van der Waals surface area (Å²) in [6.07, 6.45) is 0. The number of aryl methyl sites for hydroxylation is 1. The molecule has 7 heteroatoms. The average molecular weight is 410 g/mol. The predicted octanol–water partition coefficient (Wildman–Crippen LogP) is 3.94. The number of benzene rings is 2. The number of ether oxygens (including phenoxy) is 1. The summed E-state index contributed by atoms with van der Waals surface area (Å²) in [5.41, 5.74) is 1.88. The van der Waals surface area contributed by atoms with Gasteiger partial charge in [-0.25, -0.2) is 0 Å². The number of halogens is 1. The van der Waals surface area contributed by atoms with Gasteiger partial charge in [-0.05, 0) is 47.0 Å². The molecule has 0 unspecified atom stereocenters. The lowest BCUT2D eigenvalue weighted by molar-refractivity contribution is 0.327. The minimum Gasteiger partial charge on any atom is -0.490 e. The molecule has 0 spiro atoms. The number of hydrogen-bond acceptors (Lipinski definition) is 5. The van der Waals surface area contributed by atoms with Gasteiger partial charge < -0.3 is 8.92 Å². The van der Waals surface area contributed by atoms with Crippen molar-refractivity contribution in [3.8, 4) is 17.6 Å². The Morgan fingerprint density at radius 3 is 2.58 bits per heavy atom. The van der Waals surface area contributed by atoms with Gasteiger partial charge in [-0.15, -0.1) is 0 Å². The monoisotopic (exact) mass is 409 g/mol. The van der Waals surface area contributed by atoms with Crippen LogP contribution >= 0.6 is 15.9 Å². The molecule has 0 atom stereocenters. The van der Waals surface area contributed by atoms with Crippen LogP contribution in [0.1, 0.15) is 23.6 Å². The third kappa shape index (κ3) is 4.49. The molecular formula is C17H16BrNO4S. The first-order valence-electron chi connectivity index (χ1n) is 7.19. The summed E-state index contributed by atoms with van der Waals surface area (Å²) in [5, 5.41) is 9.02. The molecule has 0 amide bonds. The van der Waals surface area contributed by atoms with Gasteiger partial charge in [0.15, 0.2) is 11.5 Å². The molecule has 0 saturated carbocycles. The molecular weight excluding hydrogens is 394 g/mol. The van der Waals surface area contributed by atoms with Crippen molar-refractivity contribution in [1.29, 1.82) is 5.26 Å². The Morgan fingerprint density at radius 1 is 1.25 bits per heavy atom. The Labute approximate surface area is 150 Å². The van der Waals surface area contributed by atoms with E-state index >= 15 is 0 Å². The molecule has 2 aromatic rings. The summed E-state index contributed by atoms with van der Waals surface area (Å²) in [4.78, 5) is 0. The van der Waals surface area contributed by atoms with Crippen LogP contribution in [0.3, 0.4) is 0 Å². The highest BCUT2D eigenvalue weighted by Crippen LogP contribution is 2.38. The van der Waals surface area contributed by atoms with Crippen molar-refractivity contribution < 1.29 is 17.3 Å². The molecule has 0 aliphatic heterocycles. The highest BCUT2D eigenvalue weighted by atomic mass is 79.9. The number of hydrogen-bond donors (Lipinski definition) is 0. The van der Waals surface area contributed by atoms with Crippen LogP contribution in [0.5, 0.6) is 11.5 Å². The highest BCUT2D eigenvalue weighted by molar-refractivity contribution is 9.10. The van der Waals surface area contributed by atoms with E-state index in [4.69, 9.17) is 14.2 Å². The number of rotatable bonds is 6. The van der Waals surface area contributed by atoms with Gasteiger partial charge in [0.05, 0.1) is 22.7 Å². The Morgan fingerprint density at radius 2 is 1.96 bits per heavy atom. The zero-order valence-electron chi connectivity index (χ0n) is 13.2. The minimum absolute atomic E-state index is 0.0458. The maximum absolute atomic E-state index is 12.4. The lowest BCUT2D eigenvalue weighted by Gasteiger charge is -2.14. The van der Waals surface area contributed by atoms with Crippen LogP contribution in [0.4, 0.5) is 0 Å². The van der Waals surface area contributed by atoms with Gasteiger partial charge in [0.25, 0.3) is 0 Å². The Hall–Kier alpha value is -2.04. The van der Waals surface area contributed by atoms with Gasteiger partial charge in [-0.2, -0.15) is 13.7 Å². The van der Waals surface area contributed by atoms with Crippen LogP contribution in [0.15, 0.2) is 40.9 Å². The summed E-state index contributed by atoms with van der Waals surface area (Å²) < 4.78 is 35.9. The van der Waals surface area contributed by atoms with Crippen molar-refractivity contribution in [2.75, 3.05) is 6.61 Å². The third-order valence-electron chi connectivity index (χ3n) is 3.24. The van der Waals surface area contributed by atoms with Crippen molar-refractivity contribution in [2.45, 2.75) is 19.6 Å². The molecule has 2 aromatic carbocycles. The minimum atomic E-state index is -3.89. The van der Waals surface area contributed by atoms with Crippen LogP contribution < -0.4 is 8.92 Å². The van der Waals surface area contributed by atoms with Crippen LogP contribution in [0.2, 0.25) is 0 Å². The number of nitrogens with zero attached hydrogens (tertiary/aromatic N) is 1. The maximum atomic E-state index is 12.4. The standard InChI is InChI=1S/C17H16BrNO4S/c1-3-22-16-9-13(10-19)8-15(18)17(16)23-24(20,21)11-14-7-5-4-6-12(14)2/h4-9H,3,11H2,1-2H3. The Balaban J connectivity index is 2.36. The molecule has 0 heterocycles. The van der Waals surface area contributed by atoms with E-state index in [-0.39, 0.29) is 17.3 Å². The molecule has 2 rings (SSSR count). The van der Waals surface area contributed by atoms with E-state index in [0.717, 1.165) is 5.56 Å². The molecule has 5 nitrogen and oxygen atoms in total. The third-order valence-corrected chi connectivity index (χ3v) is 4.92. The van der Waals surface area contributed by atoms with Crippen LogP contribution in [-0.2, 0) is 15.9 Å². The normalized spacial score (nSPS) is 10.9. The van der Waals surface area contributed by atoms with Crippen molar-refractivity contribution in [3.63, 3.8) is 0 Å². The fraction of sp³-hybridized carbons (Fsp3) is 0.235. The molecule has 0 aromatic heterocycles. The van der Waals surface area contributed by atoms with Gasteiger partial charge in [0.2, 0.25) is 0 Å². The zero-order valence-corrected chi connectivity index (χ0v) is 15.6. The molecule has 126 valence electrons. The molecule has 0 fully saturated rings. The SMILES string of the molecule is CCOc1cc(C#N)cc(Br)c1OS(=O)(=O)Cc1ccccc1C. The van der Waals surface area contributed by atoms with Gasteiger partial charge in [0.1, 0.15) is 5.75 Å². The molecule has 0 bridgehead atoms. The lowest BCUT2D eigenvalue weighted by Crippen LogP contribution is -2.14. The smallest absolute Gasteiger partial charge is 0.313 e. The molecule has 0 N–H and O–H groups in total. The van der Waals surface area contributed by atoms with Gasteiger partial charge >= 0.3 is 10.1 Å². The summed E-state index contributed by atoms with van der Waals surface area (Å²) >= 11 is 3.24. The van der Waals surface area contributed by atoms with E-state index < -0.39 is 10.1 Å². The average Bonchev–Trinajstić information content (AvgIpc) is 2.52. The first-order chi connectivity index (χ1) is 11.4. The molecule has 0 radical (unpaired) electrons. The van der Waals surface area contributed by atoms with E-state index in [1.807, 2.05) is 25.1 Å². The Bertz CT molecular complexity index is 888. The molecule has 0 aliphatic carbocycles. The molecule has 0 saturated heterocycles. The first kappa shape index (κ1) is 18.3. The van der Waals surface area contributed by atoms with Crippen LogP contribution in [-0.4, -0.2) is 15.0 Å². The zero-order chi connectivity index (χ0) is 17.7. The quantitative estimate of drug-likeness (QED) is 0.675. The van der Waals surface area contributed by atoms with Gasteiger partial charge in [-0.1, -0.05) is 24.3 Å². The second-order valence-corrected chi connectivity index (χ2v) is 7.47. The number of nitriles is 1. The summed E-state index contributed by atoms with van der Waals surface area (Å²) in [6.45, 7) is 3.92. The van der Waals surface area contributed by atoms with Crippen molar-refractivity contribution in [3.05, 3.63) is 57.6 Å². The highest BCUT2D eigenvalue weighted by Gasteiger charge is 2.21.